The van der Waals surface area contributed by atoms with Crippen LogP contribution in [0.5, 0.6) is 11.5 Å². The van der Waals surface area contributed by atoms with Crippen molar-refractivity contribution < 1.29 is 37.6 Å². The summed E-state index contributed by atoms with van der Waals surface area (Å²) in [7, 11) is 1.17. The largest absolute Gasteiger partial charge is 0.497 e. The number of ether oxygens (including phenoxy) is 4. The highest BCUT2D eigenvalue weighted by Crippen LogP contribution is 2.57. The predicted molar refractivity (Wildman–Crippen MR) is 282 cm³/mol. The number of aryl methyl sites for hydroxylation is 1. The third-order valence-corrected chi connectivity index (χ3v) is 15.7. The second kappa shape index (κ2) is 22.7. The molecular formula is C55H59N10O10P. The van der Waals surface area contributed by atoms with E-state index in [1.807, 2.05) is 107 Å². The van der Waals surface area contributed by atoms with Crippen LogP contribution in [0.2, 0.25) is 0 Å². The zero-order valence-electron chi connectivity index (χ0n) is 43.2. The zero-order valence-corrected chi connectivity index (χ0v) is 44.0. The highest BCUT2D eigenvalue weighted by atomic mass is 31.2. The number of aromatic nitrogens is 6. The number of benzene rings is 4. The molecule has 2 bridgehead atoms. The number of hydrogen-bond acceptors (Lipinski definition) is 15. The summed E-state index contributed by atoms with van der Waals surface area (Å²) in [6.45, 7) is 9.00. The first-order valence-electron chi connectivity index (χ1n) is 24.8. The van der Waals surface area contributed by atoms with Crippen LogP contribution in [0.4, 0.5) is 5.82 Å². The quantitative estimate of drug-likeness (QED) is 0.0415. The number of amides is 2. The lowest BCUT2D eigenvalue weighted by molar-refractivity contribution is -0.182. The highest BCUT2D eigenvalue weighted by molar-refractivity contribution is 7.44. The number of H-pyrrole nitrogens is 1. The van der Waals surface area contributed by atoms with Crippen LogP contribution in [0.15, 0.2) is 138 Å². The molecule has 2 saturated heterocycles. The van der Waals surface area contributed by atoms with Gasteiger partial charge in [-0.1, -0.05) is 72.8 Å². The molecule has 1 unspecified atom stereocenters. The molecule has 394 valence electrons. The van der Waals surface area contributed by atoms with Crippen LogP contribution in [0, 0.1) is 18.3 Å². The Balaban J connectivity index is 1.20. The maximum atomic E-state index is 15.5. The van der Waals surface area contributed by atoms with E-state index in [0.717, 1.165) is 16.7 Å². The van der Waals surface area contributed by atoms with E-state index in [4.69, 9.17) is 28.0 Å². The molecule has 2 aliphatic heterocycles. The number of nitrogens with one attached hydrogen (secondary N) is 2. The summed E-state index contributed by atoms with van der Waals surface area (Å²) in [5.41, 5.74) is -0.949. The number of carbonyl (C=O) groups is 2. The topological polar surface area (TPSA) is 230 Å². The van der Waals surface area contributed by atoms with Crippen molar-refractivity contribution in [3.05, 3.63) is 177 Å². The van der Waals surface area contributed by atoms with E-state index >= 15 is 4.79 Å². The number of methoxy groups -OCH3 is 2. The van der Waals surface area contributed by atoms with Crippen LogP contribution in [-0.4, -0.2) is 114 Å². The number of anilines is 1. The first-order valence-corrected chi connectivity index (χ1v) is 25.9. The van der Waals surface area contributed by atoms with Gasteiger partial charge in [-0.3, -0.25) is 23.9 Å². The van der Waals surface area contributed by atoms with Gasteiger partial charge in [0.15, 0.2) is 23.2 Å². The lowest BCUT2D eigenvalue weighted by Crippen LogP contribution is -2.53. The SMILES string of the molecule is COc1ccc(C(OC[C@@]23CN(C(=O)Cn4cnc5c(NC(=O)c6ccccc6)ncnc54)[C@@H]([C@H](n4cc(C)c(=O)[nH]c4=O)O2)[C@@H]3OP(OCCC#N)N(C(C)C)C(C)C)(c2ccccc2)c2ccc(OC)cc2)cc1. The first kappa shape index (κ1) is 53.2. The van der Waals surface area contributed by atoms with Crippen LogP contribution in [0.1, 0.15) is 73.0 Å². The van der Waals surface area contributed by atoms with Crippen molar-refractivity contribution >= 4 is 37.3 Å². The molecule has 2 N–H and O–H groups in total. The van der Waals surface area contributed by atoms with Crippen molar-refractivity contribution in [1.82, 2.24) is 38.6 Å². The summed E-state index contributed by atoms with van der Waals surface area (Å²) in [6.07, 6.45) is 1.87. The maximum absolute atomic E-state index is 15.5. The fourth-order valence-corrected chi connectivity index (χ4v) is 11.9. The molecule has 2 aliphatic rings. The van der Waals surface area contributed by atoms with Gasteiger partial charge in [-0.05, 0) is 87.7 Å². The summed E-state index contributed by atoms with van der Waals surface area (Å²) in [6, 6.07) is 34.4. The minimum absolute atomic E-state index is 0.0416. The van der Waals surface area contributed by atoms with Crippen LogP contribution in [-0.2, 0) is 35.5 Å². The summed E-state index contributed by atoms with van der Waals surface area (Å²) in [4.78, 5) is 73.2. The van der Waals surface area contributed by atoms with E-state index in [0.29, 0.717) is 17.1 Å². The molecule has 5 heterocycles. The molecule has 7 aromatic rings. The molecule has 4 aromatic carbocycles. The molecular weight excluding hydrogens is 992 g/mol. The van der Waals surface area contributed by atoms with Gasteiger partial charge in [0.05, 0.1) is 52.8 Å². The fraction of sp³-hybridized carbons (Fsp3) is 0.345. The zero-order chi connectivity index (χ0) is 53.7. The van der Waals surface area contributed by atoms with Crippen molar-refractivity contribution in [2.75, 3.05) is 39.3 Å². The second-order valence-corrected chi connectivity index (χ2v) is 20.4. The average molecular weight is 1050 g/mol. The molecule has 9 rings (SSSR count). The molecule has 0 radical (unpaired) electrons. The lowest BCUT2D eigenvalue weighted by atomic mass is 9.79. The number of carbonyl (C=O) groups excluding carboxylic acids is 2. The van der Waals surface area contributed by atoms with Gasteiger partial charge in [-0.25, -0.2) is 24.4 Å². The standard InChI is InChI=1S/C55H59N10O10P/c1-35(2)65(36(3)4)76(73-28-14-27-56)75-47-46-52(63-29-37(5)50(67)61-53(63)69)74-54(47,31-64(46)44(66)30-62-34-59-45-48(57-33-58-49(45)62)60-51(68)38-15-10-8-11-16-38)32-72-55(39-17-12-9-13-18-39,40-19-23-42(70-6)24-20-40)41-21-25-43(71-7)26-22-41/h8-13,15-26,29,33-36,46-47,52H,14,28,30-32H2,1-7H3,(H,61,67,69)(H,57,58,60,68)/t46-,47+,52-,54-,76?/m1/s1. The molecule has 0 aliphatic carbocycles. The van der Waals surface area contributed by atoms with Gasteiger partial charge in [-0.15, -0.1) is 0 Å². The van der Waals surface area contributed by atoms with Gasteiger partial charge in [0.2, 0.25) is 5.91 Å². The molecule has 76 heavy (non-hydrogen) atoms. The molecule has 20 nitrogen and oxygen atoms in total. The van der Waals surface area contributed by atoms with Gasteiger partial charge < -0.3 is 42.8 Å². The number of aromatic amines is 1. The van der Waals surface area contributed by atoms with Gasteiger partial charge in [0.25, 0.3) is 20.0 Å². The van der Waals surface area contributed by atoms with E-state index < -0.39 is 61.2 Å². The number of nitrogens with zero attached hydrogens (tertiary/aromatic N) is 8. The van der Waals surface area contributed by atoms with E-state index in [-0.39, 0.29) is 67.4 Å². The smallest absolute Gasteiger partial charge is 0.330 e. The minimum atomic E-state index is -2.02. The summed E-state index contributed by atoms with van der Waals surface area (Å²) in [5, 5.41) is 12.5. The van der Waals surface area contributed by atoms with Crippen LogP contribution < -0.4 is 26.0 Å². The number of morpholine rings is 1. The van der Waals surface area contributed by atoms with Gasteiger partial charge in [0.1, 0.15) is 47.7 Å². The number of imidazole rings is 1. The Hall–Kier alpha value is -7.63. The Morgan fingerprint density at radius 1 is 0.895 bits per heavy atom. The maximum Gasteiger partial charge on any atom is 0.330 e. The summed E-state index contributed by atoms with van der Waals surface area (Å²) in [5.74, 6) is 0.556. The number of rotatable bonds is 21. The number of likely N-dealkylation sites (tertiary alicyclic amines) is 1. The van der Waals surface area contributed by atoms with Crippen molar-refractivity contribution in [1.29, 1.82) is 5.26 Å². The summed E-state index contributed by atoms with van der Waals surface area (Å²) < 4.78 is 44.9. The number of fused-ring (bicyclic) bond motifs is 3. The lowest BCUT2D eigenvalue weighted by Gasteiger charge is -2.42. The van der Waals surface area contributed by atoms with Crippen LogP contribution in [0.25, 0.3) is 11.2 Å². The van der Waals surface area contributed by atoms with E-state index in [1.165, 1.54) is 23.4 Å². The van der Waals surface area contributed by atoms with E-state index in [9.17, 15) is 19.6 Å². The summed E-state index contributed by atoms with van der Waals surface area (Å²) >= 11 is 0. The third kappa shape index (κ3) is 10.4. The van der Waals surface area contributed by atoms with Crippen molar-refractivity contribution in [2.24, 2.45) is 0 Å². The fourth-order valence-electron chi connectivity index (χ4n) is 10.0. The highest BCUT2D eigenvalue weighted by Gasteiger charge is 2.68. The predicted octanol–water partition coefficient (Wildman–Crippen LogP) is 7.10. The van der Waals surface area contributed by atoms with Crippen molar-refractivity contribution in [3.8, 4) is 17.6 Å². The number of hydrogen-bond donors (Lipinski definition) is 2. The third-order valence-electron chi connectivity index (χ3n) is 13.6. The Morgan fingerprint density at radius 3 is 2.12 bits per heavy atom. The molecule has 2 fully saturated rings. The molecule has 0 saturated carbocycles. The monoisotopic (exact) mass is 1050 g/mol. The molecule has 3 aromatic heterocycles. The van der Waals surface area contributed by atoms with Gasteiger partial charge >= 0.3 is 5.69 Å². The Kier molecular flexibility index (Phi) is 15.9. The Labute approximate surface area is 440 Å². The second-order valence-electron chi connectivity index (χ2n) is 19.0. The molecule has 0 spiro atoms. The molecule has 21 heteroatoms. The van der Waals surface area contributed by atoms with Gasteiger partial charge in [0, 0.05) is 29.4 Å². The molecule has 5 atom stereocenters. The van der Waals surface area contributed by atoms with Crippen molar-refractivity contribution in [3.63, 3.8) is 0 Å². The van der Waals surface area contributed by atoms with E-state index in [2.05, 4.69) is 36.0 Å². The molecule has 2 amide bonds. The minimum Gasteiger partial charge on any atom is -0.497 e. The normalized spacial score (nSPS) is 18.6. The average Bonchev–Trinajstić information content (AvgIpc) is 4.11. The Bertz CT molecular complexity index is 3280. The van der Waals surface area contributed by atoms with Gasteiger partial charge in [-0.2, -0.15) is 5.26 Å². The van der Waals surface area contributed by atoms with Crippen molar-refractivity contribution in [2.45, 2.75) is 89.2 Å². The van der Waals surface area contributed by atoms with Crippen LogP contribution >= 0.6 is 8.53 Å². The van der Waals surface area contributed by atoms with Crippen LogP contribution in [0.3, 0.4) is 0 Å². The Morgan fingerprint density at radius 2 is 1.51 bits per heavy atom. The first-order chi connectivity index (χ1) is 36.7. The number of nitriles is 1. The van der Waals surface area contributed by atoms with E-state index in [1.54, 1.807) is 60.9 Å².